The van der Waals surface area contributed by atoms with Crippen LogP contribution in [0.15, 0.2) is 16.7 Å². The summed E-state index contributed by atoms with van der Waals surface area (Å²) in [4.78, 5) is 0. The Bertz CT molecular complexity index is 439. The Kier molecular flexibility index (Phi) is 3.47. The van der Waals surface area contributed by atoms with Crippen LogP contribution in [0.1, 0.15) is 19.6 Å². The summed E-state index contributed by atoms with van der Waals surface area (Å²) in [6.45, 7) is 5.71. The number of fused-ring (bicyclic) bond motifs is 1. The number of hydrogen-bond acceptors (Lipinski definition) is 2. The summed E-state index contributed by atoms with van der Waals surface area (Å²) < 4.78 is 17.7. The highest BCUT2D eigenvalue weighted by atomic mass is 35.5. The van der Waals surface area contributed by atoms with E-state index in [-0.39, 0.29) is 10.8 Å². The van der Waals surface area contributed by atoms with Gasteiger partial charge >= 0.3 is 0 Å². The number of aryl methyl sites for hydroxylation is 1. The molecule has 76 valence electrons. The van der Waals surface area contributed by atoms with Gasteiger partial charge in [0.25, 0.3) is 0 Å². The third-order valence-electron chi connectivity index (χ3n) is 1.68. The smallest absolute Gasteiger partial charge is 0.141 e. The van der Waals surface area contributed by atoms with Gasteiger partial charge in [0.05, 0.1) is 5.02 Å². The van der Waals surface area contributed by atoms with Gasteiger partial charge in [-0.15, -0.1) is 0 Å². The second kappa shape index (κ2) is 4.42. The topological polar surface area (TPSA) is 26.0 Å². The van der Waals surface area contributed by atoms with Gasteiger partial charge in [-0.1, -0.05) is 30.6 Å². The predicted octanol–water partition coefficient (Wildman–Crippen LogP) is 3.95. The molecule has 1 aromatic heterocycles. The van der Waals surface area contributed by atoms with Crippen LogP contribution in [0.4, 0.5) is 4.39 Å². The molecule has 0 bridgehead atoms. The monoisotopic (exact) mass is 215 g/mol. The van der Waals surface area contributed by atoms with E-state index < -0.39 is 0 Å². The molecule has 0 spiro atoms. The lowest BCUT2D eigenvalue weighted by Crippen LogP contribution is -1.76. The first kappa shape index (κ1) is 11.0. The highest BCUT2D eigenvalue weighted by Gasteiger charge is 2.09. The number of halogens is 2. The van der Waals surface area contributed by atoms with Crippen LogP contribution in [0.3, 0.4) is 0 Å². The van der Waals surface area contributed by atoms with Crippen LogP contribution >= 0.6 is 11.6 Å². The highest BCUT2D eigenvalue weighted by Crippen LogP contribution is 2.25. The standard InChI is InChI=1S/C8H5ClFNO.C2H6/c1-4-6-2-5(10)3-7(9)8(6)11-12-4;1-2/h2-3H,1H3;1-2H3. The molecule has 0 aliphatic carbocycles. The van der Waals surface area contributed by atoms with Crippen molar-refractivity contribution < 1.29 is 8.91 Å². The zero-order chi connectivity index (χ0) is 10.7. The van der Waals surface area contributed by atoms with Crippen LogP contribution in [-0.2, 0) is 0 Å². The number of nitrogens with zero attached hydrogens (tertiary/aromatic N) is 1. The van der Waals surface area contributed by atoms with Crippen molar-refractivity contribution in [2.75, 3.05) is 0 Å². The zero-order valence-electron chi connectivity index (χ0n) is 8.27. The largest absolute Gasteiger partial charge is 0.360 e. The maximum atomic E-state index is 12.8. The van der Waals surface area contributed by atoms with Crippen LogP contribution in [0.25, 0.3) is 10.9 Å². The second-order valence-electron chi connectivity index (χ2n) is 2.52. The summed E-state index contributed by atoms with van der Waals surface area (Å²) in [5.74, 6) is 0.199. The number of rotatable bonds is 0. The average Bonchev–Trinajstić information content (AvgIpc) is 2.52. The lowest BCUT2D eigenvalue weighted by molar-refractivity contribution is 0.405. The first-order chi connectivity index (χ1) is 6.68. The maximum Gasteiger partial charge on any atom is 0.141 e. The van der Waals surface area contributed by atoms with E-state index in [4.69, 9.17) is 16.1 Å². The molecule has 0 saturated carbocycles. The van der Waals surface area contributed by atoms with E-state index in [1.165, 1.54) is 12.1 Å². The summed E-state index contributed by atoms with van der Waals surface area (Å²) in [5.41, 5.74) is 0.510. The van der Waals surface area contributed by atoms with Crippen LogP contribution in [0.5, 0.6) is 0 Å². The fourth-order valence-corrected chi connectivity index (χ4v) is 1.33. The van der Waals surface area contributed by atoms with Gasteiger partial charge in [-0.25, -0.2) is 4.39 Å². The normalized spacial score (nSPS) is 9.79. The Morgan fingerprint density at radius 1 is 1.36 bits per heavy atom. The Morgan fingerprint density at radius 3 is 2.64 bits per heavy atom. The van der Waals surface area contributed by atoms with E-state index >= 15 is 0 Å². The second-order valence-corrected chi connectivity index (χ2v) is 2.93. The minimum Gasteiger partial charge on any atom is -0.360 e. The number of aromatic nitrogens is 1. The number of benzene rings is 1. The van der Waals surface area contributed by atoms with Crippen LogP contribution in [-0.4, -0.2) is 5.16 Å². The minimum atomic E-state index is -0.376. The Labute approximate surface area is 86.6 Å². The van der Waals surface area contributed by atoms with Crippen LogP contribution < -0.4 is 0 Å². The molecule has 2 aromatic rings. The summed E-state index contributed by atoms with van der Waals surface area (Å²) in [5, 5.41) is 4.59. The van der Waals surface area contributed by atoms with Crippen LogP contribution in [0, 0.1) is 12.7 Å². The molecule has 14 heavy (non-hydrogen) atoms. The molecule has 2 rings (SSSR count). The molecular formula is C10H11ClFNO. The van der Waals surface area contributed by atoms with Gasteiger partial charge in [0.2, 0.25) is 0 Å². The van der Waals surface area contributed by atoms with Crippen molar-refractivity contribution in [3.05, 3.63) is 28.7 Å². The molecule has 1 heterocycles. The molecule has 0 N–H and O–H groups in total. The fraction of sp³-hybridized carbons (Fsp3) is 0.300. The lowest BCUT2D eigenvalue weighted by atomic mass is 10.2. The molecule has 0 unspecified atom stereocenters. The molecular weight excluding hydrogens is 205 g/mol. The maximum absolute atomic E-state index is 12.8. The highest BCUT2D eigenvalue weighted by molar-refractivity contribution is 6.35. The lowest BCUT2D eigenvalue weighted by Gasteiger charge is -1.91. The summed E-state index contributed by atoms with van der Waals surface area (Å²) in [6.07, 6.45) is 0. The first-order valence-electron chi connectivity index (χ1n) is 4.39. The van der Waals surface area contributed by atoms with E-state index in [0.29, 0.717) is 16.7 Å². The quantitative estimate of drug-likeness (QED) is 0.665. The van der Waals surface area contributed by atoms with Gasteiger partial charge in [0, 0.05) is 5.39 Å². The van der Waals surface area contributed by atoms with E-state index in [9.17, 15) is 4.39 Å². The predicted molar refractivity (Wildman–Crippen MR) is 55.1 cm³/mol. The Hall–Kier alpha value is -1.09. The molecule has 0 fully saturated rings. The molecule has 2 nitrogen and oxygen atoms in total. The van der Waals surface area contributed by atoms with Gasteiger partial charge < -0.3 is 4.52 Å². The molecule has 0 radical (unpaired) electrons. The van der Waals surface area contributed by atoms with E-state index in [1.807, 2.05) is 13.8 Å². The van der Waals surface area contributed by atoms with Crippen molar-refractivity contribution in [2.45, 2.75) is 20.8 Å². The average molecular weight is 216 g/mol. The SMILES string of the molecule is CC.Cc1onc2c(Cl)cc(F)cc12. The van der Waals surface area contributed by atoms with Crippen molar-refractivity contribution >= 4 is 22.5 Å². The van der Waals surface area contributed by atoms with Crippen molar-refractivity contribution in [1.29, 1.82) is 0 Å². The van der Waals surface area contributed by atoms with Crippen molar-refractivity contribution in [3.63, 3.8) is 0 Å². The molecule has 0 aliphatic rings. The summed E-state index contributed by atoms with van der Waals surface area (Å²) >= 11 is 5.71. The Balaban J connectivity index is 0.000000461. The molecule has 0 atom stereocenters. The minimum absolute atomic E-state index is 0.279. The molecule has 0 amide bonds. The van der Waals surface area contributed by atoms with Crippen molar-refractivity contribution in [2.24, 2.45) is 0 Å². The Morgan fingerprint density at radius 2 is 2.00 bits per heavy atom. The van der Waals surface area contributed by atoms with Gasteiger partial charge in [-0.05, 0) is 19.1 Å². The fourth-order valence-electron chi connectivity index (χ4n) is 1.09. The molecule has 0 saturated heterocycles. The third-order valence-corrected chi connectivity index (χ3v) is 1.97. The first-order valence-corrected chi connectivity index (χ1v) is 4.77. The zero-order valence-corrected chi connectivity index (χ0v) is 9.02. The summed E-state index contributed by atoms with van der Waals surface area (Å²) in [7, 11) is 0. The number of hydrogen-bond donors (Lipinski definition) is 0. The van der Waals surface area contributed by atoms with Gasteiger partial charge in [0.15, 0.2) is 0 Å². The van der Waals surface area contributed by atoms with E-state index in [0.717, 1.165) is 0 Å². The van der Waals surface area contributed by atoms with Crippen molar-refractivity contribution in [3.8, 4) is 0 Å². The molecule has 4 heteroatoms. The molecule has 1 aromatic carbocycles. The van der Waals surface area contributed by atoms with E-state index in [2.05, 4.69) is 5.16 Å². The van der Waals surface area contributed by atoms with Crippen molar-refractivity contribution in [1.82, 2.24) is 5.16 Å². The van der Waals surface area contributed by atoms with Gasteiger partial charge in [0.1, 0.15) is 17.1 Å². The van der Waals surface area contributed by atoms with Gasteiger partial charge in [-0.2, -0.15) is 0 Å². The van der Waals surface area contributed by atoms with Crippen LogP contribution in [0.2, 0.25) is 5.02 Å². The third kappa shape index (κ3) is 1.87. The summed E-state index contributed by atoms with van der Waals surface area (Å²) in [6, 6.07) is 2.57. The van der Waals surface area contributed by atoms with E-state index in [1.54, 1.807) is 6.92 Å². The van der Waals surface area contributed by atoms with Gasteiger partial charge in [-0.3, -0.25) is 0 Å². The molecule has 0 aliphatic heterocycles.